The van der Waals surface area contributed by atoms with E-state index in [0.717, 1.165) is 54.2 Å². The van der Waals surface area contributed by atoms with Gasteiger partial charge in [-0.2, -0.15) is 0 Å². The normalized spacial score (nSPS) is 13.5. The molecule has 0 fully saturated rings. The van der Waals surface area contributed by atoms with Crippen molar-refractivity contribution in [2.75, 3.05) is 26.4 Å². The molecular weight excluding hydrogens is 731 g/mol. The first-order valence-corrected chi connectivity index (χ1v) is 20.1. The minimum atomic E-state index is -1.09. The van der Waals surface area contributed by atoms with Gasteiger partial charge in [-0.3, -0.25) is 14.4 Å². The third-order valence-electron chi connectivity index (χ3n) is 11.1. The fraction of sp³-hybridized carbons (Fsp3) is 0.347. The topological polar surface area (TPSA) is 121 Å². The van der Waals surface area contributed by atoms with Gasteiger partial charge in [0.2, 0.25) is 0 Å². The second-order valence-electron chi connectivity index (χ2n) is 15.8. The number of carbonyl (C=O) groups excluding carboxylic acids is 3. The van der Waals surface area contributed by atoms with Crippen molar-refractivity contribution in [2.24, 2.45) is 21.9 Å². The van der Waals surface area contributed by atoms with Crippen molar-refractivity contribution in [3.8, 4) is 0 Å². The molecule has 0 aliphatic heterocycles. The molecule has 0 aromatic heterocycles. The Kier molecular flexibility index (Phi) is 13.8. The van der Waals surface area contributed by atoms with E-state index in [4.69, 9.17) is 19.0 Å². The van der Waals surface area contributed by atoms with Crippen LogP contribution in [0.25, 0.3) is 43.1 Å². The molecule has 2 unspecified atom stereocenters. The van der Waals surface area contributed by atoms with Crippen LogP contribution in [0.5, 0.6) is 0 Å². The van der Waals surface area contributed by atoms with Crippen LogP contribution in [0, 0.1) is 16.7 Å². The van der Waals surface area contributed by atoms with E-state index >= 15 is 0 Å². The zero-order valence-corrected chi connectivity index (χ0v) is 33.9. The number of esters is 3. The number of hydrogen-bond donors (Lipinski definition) is 1. The number of fused-ring (bicyclic) bond motifs is 4. The van der Waals surface area contributed by atoms with Crippen LogP contribution in [0.2, 0.25) is 0 Å². The lowest BCUT2D eigenvalue weighted by atomic mass is 9.73. The van der Waals surface area contributed by atoms with Gasteiger partial charge in [0.25, 0.3) is 0 Å². The van der Waals surface area contributed by atoms with Crippen LogP contribution in [-0.4, -0.2) is 55.7 Å². The van der Waals surface area contributed by atoms with E-state index in [1.54, 1.807) is 27.0 Å². The number of hydrogen-bond acceptors (Lipinski definition) is 9. The molecule has 2 atom stereocenters. The SMILES string of the molecule is CCC(C)(CC(CC(C)(C)C(=O)OCCCON=Cc1c2ccccc2cc2ccccc12)C(=O)OCCCO)C(=O)OCc1c2ccccc2cc2ccccc12. The molecule has 9 heteroatoms. The van der Waals surface area contributed by atoms with E-state index in [2.05, 4.69) is 41.6 Å². The summed E-state index contributed by atoms with van der Waals surface area (Å²) < 4.78 is 17.3. The van der Waals surface area contributed by atoms with Gasteiger partial charge >= 0.3 is 17.9 Å². The molecule has 1 N–H and O–H groups in total. The third-order valence-corrected chi connectivity index (χ3v) is 11.1. The Hall–Kier alpha value is -5.80. The van der Waals surface area contributed by atoms with E-state index in [9.17, 15) is 19.5 Å². The summed E-state index contributed by atoms with van der Waals surface area (Å²) in [6, 6.07) is 36.6. The van der Waals surface area contributed by atoms with Crippen LogP contribution >= 0.6 is 0 Å². The van der Waals surface area contributed by atoms with Crippen molar-refractivity contribution in [1.82, 2.24) is 0 Å². The molecule has 9 nitrogen and oxygen atoms in total. The largest absolute Gasteiger partial charge is 0.465 e. The van der Waals surface area contributed by atoms with Gasteiger partial charge in [0.05, 0.1) is 36.2 Å². The first-order chi connectivity index (χ1) is 28.0. The highest BCUT2D eigenvalue weighted by Gasteiger charge is 2.43. The maximum atomic E-state index is 14.0. The predicted molar refractivity (Wildman–Crippen MR) is 229 cm³/mol. The molecule has 6 aromatic carbocycles. The van der Waals surface area contributed by atoms with Crippen molar-refractivity contribution in [3.05, 3.63) is 120 Å². The number of carbonyl (C=O) groups is 3. The number of aliphatic hydroxyl groups excluding tert-OH is 1. The van der Waals surface area contributed by atoms with Crippen LogP contribution in [0.1, 0.15) is 70.9 Å². The van der Waals surface area contributed by atoms with E-state index in [0.29, 0.717) is 12.8 Å². The second-order valence-corrected chi connectivity index (χ2v) is 15.8. The summed E-state index contributed by atoms with van der Waals surface area (Å²) in [5.41, 5.74) is -0.260. The molecular formula is C49H53NO8. The van der Waals surface area contributed by atoms with Gasteiger partial charge in [0.1, 0.15) is 13.2 Å². The van der Waals surface area contributed by atoms with E-state index < -0.39 is 34.7 Å². The molecule has 0 bridgehead atoms. The molecule has 0 radical (unpaired) electrons. The molecule has 6 aromatic rings. The lowest BCUT2D eigenvalue weighted by Crippen LogP contribution is -2.38. The van der Waals surface area contributed by atoms with Crippen molar-refractivity contribution in [2.45, 2.75) is 66.4 Å². The first-order valence-electron chi connectivity index (χ1n) is 20.1. The third kappa shape index (κ3) is 9.83. The molecule has 302 valence electrons. The summed E-state index contributed by atoms with van der Waals surface area (Å²) in [4.78, 5) is 46.6. The maximum Gasteiger partial charge on any atom is 0.312 e. The van der Waals surface area contributed by atoms with E-state index in [-0.39, 0.29) is 52.3 Å². The van der Waals surface area contributed by atoms with Gasteiger partial charge in [-0.1, -0.05) is 109 Å². The monoisotopic (exact) mass is 783 g/mol. The lowest BCUT2D eigenvalue weighted by Gasteiger charge is -2.33. The molecule has 0 spiro atoms. The van der Waals surface area contributed by atoms with Gasteiger partial charge in [0, 0.05) is 30.6 Å². The quantitative estimate of drug-likeness (QED) is 0.0215. The molecule has 0 saturated carbocycles. The van der Waals surface area contributed by atoms with Crippen molar-refractivity contribution >= 4 is 67.2 Å². The first kappa shape index (κ1) is 41.8. The fourth-order valence-corrected chi connectivity index (χ4v) is 7.60. The molecule has 0 aliphatic carbocycles. The van der Waals surface area contributed by atoms with Gasteiger partial charge < -0.3 is 24.2 Å². The minimum Gasteiger partial charge on any atom is -0.465 e. The number of nitrogens with zero attached hydrogens (tertiary/aromatic N) is 1. The summed E-state index contributed by atoms with van der Waals surface area (Å²) in [6.45, 7) is 7.43. The zero-order valence-electron chi connectivity index (χ0n) is 33.9. The summed E-state index contributed by atoms with van der Waals surface area (Å²) in [6.07, 6.45) is 3.00. The Labute approximate surface area is 339 Å². The Morgan fingerprint density at radius 3 is 1.72 bits per heavy atom. The number of benzene rings is 6. The maximum absolute atomic E-state index is 14.0. The number of rotatable bonds is 19. The molecule has 0 aliphatic rings. The number of aliphatic hydroxyl groups is 1. The highest BCUT2D eigenvalue weighted by Crippen LogP contribution is 2.39. The summed E-state index contributed by atoms with van der Waals surface area (Å²) in [5.74, 6) is -2.26. The van der Waals surface area contributed by atoms with Crippen molar-refractivity contribution in [1.29, 1.82) is 0 Å². The molecule has 58 heavy (non-hydrogen) atoms. The van der Waals surface area contributed by atoms with Crippen molar-refractivity contribution < 1.29 is 38.5 Å². The van der Waals surface area contributed by atoms with Gasteiger partial charge in [-0.15, -0.1) is 0 Å². The summed E-state index contributed by atoms with van der Waals surface area (Å²) in [5, 5.41) is 22.0. The van der Waals surface area contributed by atoms with Gasteiger partial charge in [0.15, 0.2) is 0 Å². The van der Waals surface area contributed by atoms with Gasteiger partial charge in [-0.05, 0) is 95.3 Å². The van der Waals surface area contributed by atoms with Crippen molar-refractivity contribution in [3.63, 3.8) is 0 Å². The second kappa shape index (κ2) is 19.1. The molecule has 0 saturated heterocycles. The average molecular weight is 784 g/mol. The van der Waals surface area contributed by atoms with Crippen LogP contribution in [-0.2, 0) is 40.0 Å². The van der Waals surface area contributed by atoms with Gasteiger partial charge in [-0.25, -0.2) is 0 Å². The van der Waals surface area contributed by atoms with E-state index in [1.165, 1.54) is 0 Å². The van der Waals surface area contributed by atoms with Crippen LogP contribution < -0.4 is 0 Å². The minimum absolute atomic E-state index is 0.0252. The Morgan fingerprint density at radius 2 is 1.17 bits per heavy atom. The van der Waals surface area contributed by atoms with E-state index in [1.807, 2.05) is 79.7 Å². The highest BCUT2D eigenvalue weighted by molar-refractivity contribution is 6.13. The van der Waals surface area contributed by atoms with Crippen LogP contribution in [0.15, 0.2) is 114 Å². The van der Waals surface area contributed by atoms with Crippen LogP contribution in [0.3, 0.4) is 0 Å². The number of oxime groups is 1. The summed E-state index contributed by atoms with van der Waals surface area (Å²) in [7, 11) is 0. The molecule has 0 amide bonds. The molecule has 6 rings (SSSR count). The van der Waals surface area contributed by atoms with Crippen LogP contribution in [0.4, 0.5) is 0 Å². The smallest absolute Gasteiger partial charge is 0.312 e. The Bertz CT molecular complexity index is 2310. The average Bonchev–Trinajstić information content (AvgIpc) is 3.23. The zero-order chi connectivity index (χ0) is 41.1. The number of ether oxygens (including phenoxy) is 3. The standard InChI is InChI=1S/C49H53NO8/c1-5-49(4,47(54)57-33-44-41-22-12-8-18-36(41)29-37-19-9-13-23-42(37)44)31-38(45(52)55-25-14-24-51)30-48(2,3)46(53)56-26-15-27-58-50-32-43-39-20-10-6-16-34(39)28-35-17-7-11-21-40(35)43/h6-13,16-23,28-29,32,38,51H,5,14-15,24-27,30-31,33H2,1-4H3. The Morgan fingerprint density at radius 1 is 0.655 bits per heavy atom. The summed E-state index contributed by atoms with van der Waals surface area (Å²) >= 11 is 0. The molecule has 0 heterocycles. The fourth-order valence-electron chi connectivity index (χ4n) is 7.60. The highest BCUT2D eigenvalue weighted by atomic mass is 16.6. The lowest BCUT2D eigenvalue weighted by molar-refractivity contribution is -0.162. The predicted octanol–water partition coefficient (Wildman–Crippen LogP) is 10.1. The Balaban J connectivity index is 1.07.